The fourth-order valence-electron chi connectivity index (χ4n) is 2.38. The van der Waals surface area contributed by atoms with Crippen molar-refractivity contribution in [2.24, 2.45) is 0 Å². The molecule has 1 heterocycles. The molecule has 132 valence electrons. The lowest BCUT2D eigenvalue weighted by Gasteiger charge is -2.06. The SMILES string of the molecule is Cc1c(C(=O)OCc2nc3ccccc3s2)cc([N+](=O)[O-])cc1[N+](=O)[O-]. The van der Waals surface area contributed by atoms with Crippen LogP contribution < -0.4 is 0 Å². The predicted molar refractivity (Wildman–Crippen MR) is 93.2 cm³/mol. The molecule has 0 amide bonds. The molecule has 1 aromatic heterocycles. The summed E-state index contributed by atoms with van der Waals surface area (Å²) in [5.74, 6) is -0.881. The molecule has 0 fully saturated rings. The quantitative estimate of drug-likeness (QED) is 0.378. The Hall–Kier alpha value is -3.40. The highest BCUT2D eigenvalue weighted by Crippen LogP contribution is 2.29. The van der Waals surface area contributed by atoms with E-state index in [1.165, 1.54) is 18.3 Å². The van der Waals surface area contributed by atoms with Crippen LogP contribution in [0.15, 0.2) is 36.4 Å². The Labute approximate surface area is 150 Å². The molecule has 0 unspecified atom stereocenters. The molecule has 0 bridgehead atoms. The molecule has 2 aromatic carbocycles. The lowest BCUT2D eigenvalue weighted by atomic mass is 10.1. The molecular formula is C16H11N3O6S. The third-order valence-corrected chi connectivity index (χ3v) is 4.67. The molecule has 3 aromatic rings. The van der Waals surface area contributed by atoms with Gasteiger partial charge in [-0.25, -0.2) is 9.78 Å². The Morgan fingerprint density at radius 3 is 2.58 bits per heavy atom. The number of para-hydroxylation sites is 1. The van der Waals surface area contributed by atoms with Gasteiger partial charge in [-0.2, -0.15) is 0 Å². The van der Waals surface area contributed by atoms with Crippen molar-refractivity contribution in [3.63, 3.8) is 0 Å². The number of carbonyl (C=O) groups excluding carboxylic acids is 1. The maximum Gasteiger partial charge on any atom is 0.339 e. The number of hydrogen-bond acceptors (Lipinski definition) is 8. The van der Waals surface area contributed by atoms with Gasteiger partial charge in [0.25, 0.3) is 11.4 Å². The molecule has 0 saturated carbocycles. The minimum absolute atomic E-state index is 0.00917. The molecule has 0 radical (unpaired) electrons. The van der Waals surface area contributed by atoms with Gasteiger partial charge in [-0.1, -0.05) is 12.1 Å². The first-order chi connectivity index (χ1) is 12.4. The Balaban J connectivity index is 1.86. The minimum atomic E-state index is -0.881. The summed E-state index contributed by atoms with van der Waals surface area (Å²) in [5.41, 5.74) is -0.493. The van der Waals surface area contributed by atoms with Crippen molar-refractivity contribution in [2.75, 3.05) is 0 Å². The van der Waals surface area contributed by atoms with E-state index >= 15 is 0 Å². The van der Waals surface area contributed by atoms with Crippen molar-refractivity contribution < 1.29 is 19.4 Å². The molecule has 10 heteroatoms. The van der Waals surface area contributed by atoms with Crippen molar-refractivity contribution >= 4 is 38.9 Å². The first kappa shape index (κ1) is 17.4. The highest BCUT2D eigenvalue weighted by atomic mass is 32.1. The summed E-state index contributed by atoms with van der Waals surface area (Å²) in [6.45, 7) is 1.21. The van der Waals surface area contributed by atoms with Crippen molar-refractivity contribution in [1.29, 1.82) is 0 Å². The number of ether oxygens (including phenoxy) is 1. The van der Waals surface area contributed by atoms with Gasteiger partial charge in [0, 0.05) is 11.6 Å². The van der Waals surface area contributed by atoms with E-state index in [0.717, 1.165) is 22.3 Å². The Bertz CT molecular complexity index is 1010. The largest absolute Gasteiger partial charge is 0.455 e. The molecular weight excluding hydrogens is 362 g/mol. The van der Waals surface area contributed by atoms with Crippen molar-refractivity contribution in [2.45, 2.75) is 13.5 Å². The van der Waals surface area contributed by atoms with E-state index in [-0.39, 0.29) is 17.7 Å². The summed E-state index contributed by atoms with van der Waals surface area (Å²) in [6.07, 6.45) is 0. The van der Waals surface area contributed by atoms with Crippen LogP contribution in [-0.2, 0) is 11.3 Å². The van der Waals surface area contributed by atoms with Crippen LogP contribution in [0.25, 0.3) is 10.2 Å². The van der Waals surface area contributed by atoms with Crippen LogP contribution in [0.1, 0.15) is 20.9 Å². The third kappa shape index (κ3) is 3.35. The van der Waals surface area contributed by atoms with E-state index in [2.05, 4.69) is 4.98 Å². The lowest BCUT2D eigenvalue weighted by molar-refractivity contribution is -0.394. The second-order valence-electron chi connectivity index (χ2n) is 5.30. The fourth-order valence-corrected chi connectivity index (χ4v) is 3.26. The maximum atomic E-state index is 12.3. The van der Waals surface area contributed by atoms with Crippen molar-refractivity contribution in [3.8, 4) is 0 Å². The summed E-state index contributed by atoms with van der Waals surface area (Å²) < 4.78 is 6.09. The number of rotatable bonds is 5. The summed E-state index contributed by atoms with van der Waals surface area (Å²) >= 11 is 1.35. The van der Waals surface area contributed by atoms with Crippen LogP contribution in [0.3, 0.4) is 0 Å². The Morgan fingerprint density at radius 1 is 1.19 bits per heavy atom. The number of nitro groups is 2. The number of thiazole rings is 1. The maximum absolute atomic E-state index is 12.3. The second kappa shape index (κ2) is 6.84. The molecule has 0 aliphatic rings. The van der Waals surface area contributed by atoms with Crippen LogP contribution in [0.4, 0.5) is 11.4 Å². The molecule has 0 atom stereocenters. The number of benzene rings is 2. The van der Waals surface area contributed by atoms with E-state index in [1.807, 2.05) is 24.3 Å². The van der Waals surface area contributed by atoms with Gasteiger partial charge >= 0.3 is 5.97 Å². The molecule has 0 aliphatic heterocycles. The number of non-ortho nitro benzene ring substituents is 1. The second-order valence-corrected chi connectivity index (χ2v) is 6.42. The average molecular weight is 373 g/mol. The Kier molecular flexibility index (Phi) is 4.59. The summed E-state index contributed by atoms with van der Waals surface area (Å²) in [6, 6.07) is 9.20. The van der Waals surface area contributed by atoms with Crippen molar-refractivity contribution in [3.05, 3.63) is 72.8 Å². The zero-order valence-corrected chi connectivity index (χ0v) is 14.2. The Morgan fingerprint density at radius 2 is 1.92 bits per heavy atom. The lowest BCUT2D eigenvalue weighted by Crippen LogP contribution is -2.09. The third-order valence-electron chi connectivity index (χ3n) is 3.66. The number of hydrogen-bond donors (Lipinski definition) is 0. The van der Waals surface area contributed by atoms with E-state index in [1.54, 1.807) is 0 Å². The first-order valence-corrected chi connectivity index (χ1v) is 8.13. The van der Waals surface area contributed by atoms with Crippen LogP contribution >= 0.6 is 11.3 Å². The molecule has 0 spiro atoms. The number of nitrogens with zero attached hydrogens (tertiary/aromatic N) is 3. The van der Waals surface area contributed by atoms with E-state index in [9.17, 15) is 25.0 Å². The summed E-state index contributed by atoms with van der Waals surface area (Å²) in [7, 11) is 0. The van der Waals surface area contributed by atoms with Crippen LogP contribution in [0.5, 0.6) is 0 Å². The summed E-state index contributed by atoms with van der Waals surface area (Å²) in [5, 5.41) is 22.6. The van der Waals surface area contributed by atoms with Gasteiger partial charge in [-0.3, -0.25) is 20.2 Å². The van der Waals surface area contributed by atoms with Crippen LogP contribution in [0, 0.1) is 27.2 Å². The number of nitro benzene ring substituents is 2. The highest BCUT2D eigenvalue weighted by Gasteiger charge is 2.25. The van der Waals surface area contributed by atoms with Gasteiger partial charge in [-0.15, -0.1) is 11.3 Å². The standard InChI is InChI=1S/C16H11N3O6S/c1-9-11(6-10(18(21)22)7-13(9)19(23)24)16(20)25-8-15-17-12-4-2-3-5-14(12)26-15/h2-7H,8H2,1H3. The summed E-state index contributed by atoms with van der Waals surface area (Å²) in [4.78, 5) is 37.1. The smallest absolute Gasteiger partial charge is 0.339 e. The number of aromatic nitrogens is 1. The van der Waals surface area contributed by atoms with Gasteiger partial charge in [0.05, 0.1) is 31.7 Å². The van der Waals surface area contributed by atoms with Gasteiger partial charge in [0.2, 0.25) is 0 Å². The van der Waals surface area contributed by atoms with Crippen LogP contribution in [-0.4, -0.2) is 20.8 Å². The fraction of sp³-hybridized carbons (Fsp3) is 0.125. The number of esters is 1. The molecule has 0 aliphatic carbocycles. The molecule has 0 N–H and O–H groups in total. The van der Waals surface area contributed by atoms with Crippen molar-refractivity contribution in [1.82, 2.24) is 4.98 Å². The van der Waals surface area contributed by atoms with E-state index in [0.29, 0.717) is 5.01 Å². The van der Waals surface area contributed by atoms with Gasteiger partial charge in [0.1, 0.15) is 11.6 Å². The zero-order chi connectivity index (χ0) is 18.8. The van der Waals surface area contributed by atoms with Gasteiger partial charge < -0.3 is 4.74 Å². The monoisotopic (exact) mass is 373 g/mol. The normalized spacial score (nSPS) is 10.7. The van der Waals surface area contributed by atoms with Crippen LogP contribution in [0.2, 0.25) is 0 Å². The van der Waals surface area contributed by atoms with Gasteiger partial charge in [-0.05, 0) is 19.1 Å². The number of carbonyl (C=O) groups is 1. The van der Waals surface area contributed by atoms with Gasteiger partial charge in [0.15, 0.2) is 0 Å². The zero-order valence-electron chi connectivity index (χ0n) is 13.4. The minimum Gasteiger partial charge on any atom is -0.455 e. The molecule has 26 heavy (non-hydrogen) atoms. The average Bonchev–Trinajstić information content (AvgIpc) is 3.02. The van der Waals surface area contributed by atoms with E-state index in [4.69, 9.17) is 4.74 Å². The predicted octanol–water partition coefficient (Wildman–Crippen LogP) is 3.78. The molecule has 9 nitrogen and oxygen atoms in total. The topological polar surface area (TPSA) is 125 Å². The highest BCUT2D eigenvalue weighted by molar-refractivity contribution is 7.18. The molecule has 0 saturated heterocycles. The number of fused-ring (bicyclic) bond motifs is 1. The first-order valence-electron chi connectivity index (χ1n) is 7.32. The molecule has 3 rings (SSSR count). The van der Waals surface area contributed by atoms with E-state index < -0.39 is 27.2 Å².